The van der Waals surface area contributed by atoms with Gasteiger partial charge in [-0.15, -0.1) is 11.8 Å². The van der Waals surface area contributed by atoms with E-state index < -0.39 is 0 Å². The first kappa shape index (κ1) is 19.4. The number of amides is 2. The fourth-order valence-electron chi connectivity index (χ4n) is 3.43. The van der Waals surface area contributed by atoms with Crippen molar-refractivity contribution in [1.29, 1.82) is 0 Å². The van der Waals surface area contributed by atoms with Crippen LogP contribution < -0.4 is 10.6 Å². The molecule has 3 rings (SSSR count). The minimum Gasteiger partial charge on any atom is -0.352 e. The van der Waals surface area contributed by atoms with Gasteiger partial charge in [0.25, 0.3) is 5.91 Å². The van der Waals surface area contributed by atoms with Crippen LogP contribution in [0.3, 0.4) is 0 Å². The Kier molecular flexibility index (Phi) is 6.87. The topological polar surface area (TPSA) is 71.1 Å². The Morgan fingerprint density at radius 1 is 1.11 bits per heavy atom. The van der Waals surface area contributed by atoms with Gasteiger partial charge in [0.2, 0.25) is 5.91 Å². The predicted octanol–water partition coefficient (Wildman–Crippen LogP) is 3.41. The summed E-state index contributed by atoms with van der Waals surface area (Å²) in [5.74, 6) is 0.0918. The van der Waals surface area contributed by atoms with E-state index in [1.54, 1.807) is 24.2 Å². The van der Waals surface area contributed by atoms with Crippen molar-refractivity contribution in [1.82, 2.24) is 15.6 Å². The van der Waals surface area contributed by atoms with Crippen molar-refractivity contribution in [2.24, 2.45) is 5.92 Å². The average Bonchev–Trinajstić information content (AvgIpc) is 2.73. The van der Waals surface area contributed by atoms with Crippen LogP contribution in [0, 0.1) is 5.92 Å². The standard InChI is InChI=1S/C21H25N3O2S/c1-27-19-7-3-2-6-18(19)21(26)24-17-10-8-16(9-11-17)20(25)23-14-15-5-4-12-22-13-15/h2-7,12-13,16-17H,8-11,14H2,1H3,(H,23,25)(H,24,26). The third-order valence-electron chi connectivity index (χ3n) is 4.97. The number of thioether (sulfide) groups is 1. The van der Waals surface area contributed by atoms with E-state index in [0.29, 0.717) is 6.54 Å². The zero-order valence-electron chi connectivity index (χ0n) is 15.5. The van der Waals surface area contributed by atoms with Crippen molar-refractivity contribution >= 4 is 23.6 Å². The van der Waals surface area contributed by atoms with Crippen LogP contribution in [-0.2, 0) is 11.3 Å². The minimum absolute atomic E-state index is 0.0216. The largest absolute Gasteiger partial charge is 0.352 e. The number of pyridine rings is 1. The average molecular weight is 384 g/mol. The maximum absolute atomic E-state index is 12.6. The first-order valence-electron chi connectivity index (χ1n) is 9.28. The molecule has 0 spiro atoms. The first-order valence-corrected chi connectivity index (χ1v) is 10.5. The van der Waals surface area contributed by atoms with Crippen molar-refractivity contribution in [2.45, 2.75) is 43.2 Å². The van der Waals surface area contributed by atoms with Crippen LogP contribution in [0.2, 0.25) is 0 Å². The SMILES string of the molecule is CSc1ccccc1C(=O)NC1CCC(C(=O)NCc2cccnc2)CC1. The smallest absolute Gasteiger partial charge is 0.252 e. The Labute approximate surface area is 164 Å². The molecule has 1 fully saturated rings. The molecule has 0 aliphatic heterocycles. The molecule has 2 amide bonds. The molecule has 5 nitrogen and oxygen atoms in total. The van der Waals surface area contributed by atoms with Gasteiger partial charge in [0, 0.05) is 35.8 Å². The Morgan fingerprint density at radius 3 is 2.59 bits per heavy atom. The molecule has 1 aliphatic rings. The Balaban J connectivity index is 1.46. The number of hydrogen-bond acceptors (Lipinski definition) is 4. The van der Waals surface area contributed by atoms with E-state index in [2.05, 4.69) is 15.6 Å². The molecule has 2 N–H and O–H groups in total. The molecular formula is C21H25N3O2S. The quantitative estimate of drug-likeness (QED) is 0.750. The molecule has 1 heterocycles. The summed E-state index contributed by atoms with van der Waals surface area (Å²) < 4.78 is 0. The summed E-state index contributed by atoms with van der Waals surface area (Å²) in [6, 6.07) is 11.6. The zero-order chi connectivity index (χ0) is 19.1. The van der Waals surface area contributed by atoms with E-state index in [9.17, 15) is 9.59 Å². The fraction of sp³-hybridized carbons (Fsp3) is 0.381. The summed E-state index contributed by atoms with van der Waals surface area (Å²) >= 11 is 1.58. The molecule has 0 saturated heterocycles. The Morgan fingerprint density at radius 2 is 1.89 bits per heavy atom. The summed E-state index contributed by atoms with van der Waals surface area (Å²) in [7, 11) is 0. The summed E-state index contributed by atoms with van der Waals surface area (Å²) in [4.78, 5) is 30.0. The highest BCUT2D eigenvalue weighted by molar-refractivity contribution is 7.98. The number of nitrogens with one attached hydrogen (secondary N) is 2. The van der Waals surface area contributed by atoms with Gasteiger partial charge in [-0.1, -0.05) is 18.2 Å². The number of nitrogens with zero attached hydrogens (tertiary/aromatic N) is 1. The van der Waals surface area contributed by atoms with Gasteiger partial charge in [0.15, 0.2) is 0 Å². The Bertz CT molecular complexity index is 774. The van der Waals surface area contributed by atoms with Crippen LogP contribution in [0.1, 0.15) is 41.6 Å². The molecule has 6 heteroatoms. The second-order valence-corrected chi connectivity index (χ2v) is 7.65. The lowest BCUT2D eigenvalue weighted by Crippen LogP contribution is -2.40. The van der Waals surface area contributed by atoms with Crippen molar-refractivity contribution < 1.29 is 9.59 Å². The van der Waals surface area contributed by atoms with E-state index in [-0.39, 0.29) is 23.8 Å². The molecule has 0 radical (unpaired) electrons. The molecule has 0 bridgehead atoms. The Hall–Kier alpha value is -2.34. The molecule has 1 aromatic carbocycles. The predicted molar refractivity (Wildman–Crippen MR) is 108 cm³/mol. The van der Waals surface area contributed by atoms with Crippen LogP contribution in [0.15, 0.2) is 53.7 Å². The van der Waals surface area contributed by atoms with Crippen molar-refractivity contribution in [3.8, 4) is 0 Å². The summed E-state index contributed by atoms with van der Waals surface area (Å²) in [5, 5.41) is 6.13. The van der Waals surface area contributed by atoms with Gasteiger partial charge in [-0.3, -0.25) is 14.6 Å². The van der Waals surface area contributed by atoms with Crippen molar-refractivity contribution in [3.05, 3.63) is 59.9 Å². The maximum atomic E-state index is 12.6. The van der Waals surface area contributed by atoms with Gasteiger partial charge in [-0.2, -0.15) is 0 Å². The molecule has 0 atom stereocenters. The molecule has 27 heavy (non-hydrogen) atoms. The van der Waals surface area contributed by atoms with Gasteiger partial charge in [0.05, 0.1) is 5.56 Å². The van der Waals surface area contributed by atoms with Gasteiger partial charge >= 0.3 is 0 Å². The highest BCUT2D eigenvalue weighted by atomic mass is 32.2. The second kappa shape index (κ2) is 9.55. The lowest BCUT2D eigenvalue weighted by atomic mass is 9.85. The summed E-state index contributed by atoms with van der Waals surface area (Å²) in [6.45, 7) is 0.509. The monoisotopic (exact) mass is 383 g/mol. The van der Waals surface area contributed by atoms with Gasteiger partial charge in [0.1, 0.15) is 0 Å². The molecular weight excluding hydrogens is 358 g/mol. The maximum Gasteiger partial charge on any atom is 0.252 e. The van der Waals surface area contributed by atoms with Crippen LogP contribution in [0.25, 0.3) is 0 Å². The second-order valence-electron chi connectivity index (χ2n) is 6.80. The van der Waals surface area contributed by atoms with Crippen LogP contribution in [0.5, 0.6) is 0 Å². The molecule has 1 aliphatic carbocycles. The number of hydrogen-bond donors (Lipinski definition) is 2. The zero-order valence-corrected chi connectivity index (χ0v) is 16.3. The van der Waals surface area contributed by atoms with Crippen molar-refractivity contribution in [2.75, 3.05) is 6.26 Å². The number of benzene rings is 1. The fourth-order valence-corrected chi connectivity index (χ4v) is 4.03. The van der Waals surface area contributed by atoms with E-state index in [1.807, 2.05) is 42.7 Å². The van der Waals surface area contributed by atoms with Crippen LogP contribution >= 0.6 is 11.8 Å². The molecule has 1 saturated carbocycles. The highest BCUT2D eigenvalue weighted by Crippen LogP contribution is 2.26. The van der Waals surface area contributed by atoms with E-state index in [1.165, 1.54) is 0 Å². The summed E-state index contributed by atoms with van der Waals surface area (Å²) in [5.41, 5.74) is 1.72. The third kappa shape index (κ3) is 5.32. The number of carbonyl (C=O) groups excluding carboxylic acids is 2. The van der Waals surface area contributed by atoms with Crippen LogP contribution in [0.4, 0.5) is 0 Å². The normalized spacial score (nSPS) is 19.3. The number of carbonyl (C=O) groups is 2. The lowest BCUT2D eigenvalue weighted by molar-refractivity contribution is -0.126. The van der Waals surface area contributed by atoms with Gasteiger partial charge in [-0.05, 0) is 55.7 Å². The number of aromatic nitrogens is 1. The van der Waals surface area contributed by atoms with Gasteiger partial charge < -0.3 is 10.6 Å². The molecule has 0 unspecified atom stereocenters. The number of rotatable bonds is 6. The molecule has 2 aromatic rings. The molecule has 142 valence electrons. The molecule has 1 aromatic heterocycles. The van der Waals surface area contributed by atoms with Gasteiger partial charge in [-0.25, -0.2) is 0 Å². The highest BCUT2D eigenvalue weighted by Gasteiger charge is 2.27. The van der Waals surface area contributed by atoms with Crippen LogP contribution in [-0.4, -0.2) is 29.1 Å². The van der Waals surface area contributed by atoms with E-state index in [4.69, 9.17) is 0 Å². The first-order chi connectivity index (χ1) is 13.2. The van der Waals surface area contributed by atoms with E-state index >= 15 is 0 Å². The third-order valence-corrected chi connectivity index (χ3v) is 5.77. The lowest BCUT2D eigenvalue weighted by Gasteiger charge is -2.28. The summed E-state index contributed by atoms with van der Waals surface area (Å²) in [6.07, 6.45) is 8.72. The van der Waals surface area contributed by atoms with E-state index in [0.717, 1.165) is 41.7 Å². The minimum atomic E-state index is -0.0237. The van der Waals surface area contributed by atoms with Crippen molar-refractivity contribution in [3.63, 3.8) is 0 Å².